The smallest absolute Gasteiger partial charge is 0.417 e. The molecule has 0 aliphatic rings. The Balaban J connectivity index is 1.76. The molecule has 4 aromatic heterocycles. The summed E-state index contributed by atoms with van der Waals surface area (Å²) in [5, 5.41) is 15.2. The predicted molar refractivity (Wildman–Crippen MR) is 130 cm³/mol. The highest BCUT2D eigenvalue weighted by Gasteiger charge is 2.32. The molecule has 0 atom stereocenters. The maximum Gasteiger partial charge on any atom is 0.417 e. The van der Waals surface area contributed by atoms with Crippen LogP contribution in [0.25, 0.3) is 16.9 Å². The first-order valence-electron chi connectivity index (χ1n) is 10.7. The minimum absolute atomic E-state index is 0.0312. The van der Waals surface area contributed by atoms with Crippen LogP contribution in [0, 0.1) is 17.1 Å². The SMILES string of the molecule is CNc1cnc(/C(=C\N)Oc2cnc3nc(Nc4cc(C(F)(F)F)cn(C)c4=O)n(C)c3c2C#N)c(F)c1. The van der Waals surface area contributed by atoms with Crippen LogP contribution in [0.3, 0.4) is 0 Å². The summed E-state index contributed by atoms with van der Waals surface area (Å²) in [5.41, 5.74) is 3.73. The number of pyridine rings is 3. The quantitative estimate of drug-likeness (QED) is 0.253. The predicted octanol–water partition coefficient (Wildman–Crippen LogP) is 3.21. The van der Waals surface area contributed by atoms with Gasteiger partial charge in [0.2, 0.25) is 5.95 Å². The fourth-order valence-electron chi connectivity index (χ4n) is 3.56. The third-order valence-electron chi connectivity index (χ3n) is 5.47. The van der Waals surface area contributed by atoms with E-state index in [1.54, 1.807) is 7.05 Å². The lowest BCUT2D eigenvalue weighted by molar-refractivity contribution is -0.138. The molecule has 0 fully saturated rings. The van der Waals surface area contributed by atoms with E-state index in [9.17, 15) is 27.6 Å². The van der Waals surface area contributed by atoms with Gasteiger partial charge >= 0.3 is 6.18 Å². The van der Waals surface area contributed by atoms with Gasteiger partial charge in [0.25, 0.3) is 5.56 Å². The van der Waals surface area contributed by atoms with Crippen LogP contribution in [0.15, 0.2) is 41.7 Å². The van der Waals surface area contributed by atoms with Crippen LogP contribution in [0.1, 0.15) is 16.8 Å². The Morgan fingerprint density at radius 2 is 1.97 bits per heavy atom. The monoisotopic (exact) mass is 529 g/mol. The van der Waals surface area contributed by atoms with Crippen molar-refractivity contribution in [2.24, 2.45) is 19.8 Å². The molecule has 0 radical (unpaired) electrons. The van der Waals surface area contributed by atoms with Crippen LogP contribution in [0.2, 0.25) is 0 Å². The third-order valence-corrected chi connectivity index (χ3v) is 5.47. The highest BCUT2D eigenvalue weighted by molar-refractivity contribution is 5.84. The Bertz CT molecular complexity index is 1680. The molecule has 0 saturated carbocycles. The first-order valence-corrected chi connectivity index (χ1v) is 10.7. The summed E-state index contributed by atoms with van der Waals surface area (Å²) >= 11 is 0. The zero-order chi connectivity index (χ0) is 27.8. The van der Waals surface area contributed by atoms with E-state index in [2.05, 4.69) is 25.6 Å². The Hall–Kier alpha value is -5.13. The van der Waals surface area contributed by atoms with Crippen molar-refractivity contribution in [1.82, 2.24) is 24.1 Å². The van der Waals surface area contributed by atoms with E-state index >= 15 is 0 Å². The Labute approximate surface area is 211 Å². The highest BCUT2D eigenvalue weighted by atomic mass is 19.4. The molecule has 196 valence electrons. The summed E-state index contributed by atoms with van der Waals surface area (Å²) in [6.07, 6.45) is -0.533. The average molecular weight is 529 g/mol. The maximum absolute atomic E-state index is 14.6. The summed E-state index contributed by atoms with van der Waals surface area (Å²) in [7, 11) is 4.23. The number of halogens is 4. The van der Waals surface area contributed by atoms with Crippen molar-refractivity contribution in [3.63, 3.8) is 0 Å². The number of aromatic nitrogens is 5. The standard InChI is InChI=1S/C23H19F4N9O2/c1-30-12-5-14(24)18(31-8-12)16(7-29)38-17-9-32-20-19(13(17)6-28)36(3)22(34-20)33-15-4-11(23(25,26)27)10-35(2)21(15)37/h4-5,7-10,30H,29H2,1-3H3,(H,32,33,34)/b16-7+. The number of nitrogens with zero attached hydrogens (tertiary/aromatic N) is 6. The third kappa shape index (κ3) is 4.66. The topological polar surface area (TPSA) is 149 Å². The van der Waals surface area contributed by atoms with E-state index in [1.165, 1.54) is 30.9 Å². The van der Waals surface area contributed by atoms with Gasteiger partial charge in [0, 0.05) is 39.6 Å². The number of hydrogen-bond donors (Lipinski definition) is 3. The zero-order valence-electron chi connectivity index (χ0n) is 20.1. The minimum Gasteiger partial charge on any atom is -0.450 e. The van der Waals surface area contributed by atoms with Gasteiger partial charge in [-0.2, -0.15) is 23.4 Å². The molecule has 0 bridgehead atoms. The van der Waals surface area contributed by atoms with Crippen molar-refractivity contribution in [1.29, 1.82) is 5.26 Å². The molecule has 0 aliphatic heterocycles. The second-order valence-electron chi connectivity index (χ2n) is 7.89. The number of rotatable bonds is 6. The molecule has 4 rings (SSSR count). The van der Waals surface area contributed by atoms with Gasteiger partial charge < -0.3 is 30.2 Å². The first-order chi connectivity index (χ1) is 18.0. The van der Waals surface area contributed by atoms with Crippen LogP contribution in [0.5, 0.6) is 5.75 Å². The minimum atomic E-state index is -4.69. The van der Waals surface area contributed by atoms with Gasteiger partial charge in [0.05, 0.1) is 23.6 Å². The second kappa shape index (κ2) is 9.73. The van der Waals surface area contributed by atoms with Crippen molar-refractivity contribution in [2.75, 3.05) is 17.7 Å². The lowest BCUT2D eigenvalue weighted by Crippen LogP contribution is -2.23. The van der Waals surface area contributed by atoms with Crippen LogP contribution in [0.4, 0.5) is 34.9 Å². The second-order valence-corrected chi connectivity index (χ2v) is 7.89. The van der Waals surface area contributed by atoms with E-state index < -0.39 is 28.8 Å². The van der Waals surface area contributed by atoms with Crippen molar-refractivity contribution < 1.29 is 22.3 Å². The number of hydrogen-bond acceptors (Lipinski definition) is 9. The number of anilines is 3. The van der Waals surface area contributed by atoms with Crippen LogP contribution >= 0.6 is 0 Å². The largest absolute Gasteiger partial charge is 0.450 e. The summed E-state index contributed by atoms with van der Waals surface area (Å²) in [5.74, 6) is -1.12. The van der Waals surface area contributed by atoms with E-state index in [0.717, 1.165) is 17.0 Å². The van der Waals surface area contributed by atoms with Crippen LogP contribution in [-0.2, 0) is 20.3 Å². The van der Waals surface area contributed by atoms with E-state index in [0.29, 0.717) is 18.0 Å². The molecule has 4 aromatic rings. The van der Waals surface area contributed by atoms with Crippen molar-refractivity contribution in [3.8, 4) is 11.8 Å². The van der Waals surface area contributed by atoms with Gasteiger partial charge in [-0.05, 0) is 6.07 Å². The molecule has 11 nitrogen and oxygen atoms in total. The number of ether oxygens (including phenoxy) is 1. The lowest BCUT2D eigenvalue weighted by atomic mass is 10.2. The molecule has 15 heteroatoms. The summed E-state index contributed by atoms with van der Waals surface area (Å²) in [4.78, 5) is 24.8. The maximum atomic E-state index is 14.6. The fourth-order valence-corrected chi connectivity index (χ4v) is 3.56. The van der Waals surface area contributed by atoms with Crippen molar-refractivity contribution in [2.45, 2.75) is 6.18 Å². The summed E-state index contributed by atoms with van der Waals surface area (Å²) < 4.78 is 62.1. The first kappa shape index (κ1) is 25.9. The molecule has 4 N–H and O–H groups in total. The molecule has 0 aliphatic carbocycles. The molecule has 0 saturated heterocycles. The Morgan fingerprint density at radius 3 is 2.58 bits per heavy atom. The van der Waals surface area contributed by atoms with Gasteiger partial charge in [-0.25, -0.2) is 14.4 Å². The van der Waals surface area contributed by atoms with Crippen molar-refractivity contribution in [3.05, 3.63) is 69.9 Å². The summed E-state index contributed by atoms with van der Waals surface area (Å²) in [6.45, 7) is 0. The lowest BCUT2D eigenvalue weighted by Gasteiger charge is -2.13. The Kier molecular flexibility index (Phi) is 6.64. The molecular weight excluding hydrogens is 510 g/mol. The van der Waals surface area contributed by atoms with Crippen molar-refractivity contribution >= 4 is 34.2 Å². The number of fused-ring (bicyclic) bond motifs is 1. The van der Waals surface area contributed by atoms with Crippen LogP contribution in [-0.4, -0.2) is 31.1 Å². The van der Waals surface area contributed by atoms with E-state index in [1.807, 2.05) is 6.07 Å². The highest BCUT2D eigenvalue weighted by Crippen LogP contribution is 2.33. The van der Waals surface area contributed by atoms with Gasteiger partial charge in [-0.1, -0.05) is 0 Å². The number of aryl methyl sites for hydroxylation is 2. The van der Waals surface area contributed by atoms with Gasteiger partial charge in [-0.15, -0.1) is 0 Å². The molecule has 0 spiro atoms. The molecular formula is C23H19F4N9O2. The van der Waals surface area contributed by atoms with Gasteiger partial charge in [0.15, 0.2) is 23.0 Å². The number of nitriles is 1. The number of imidazole rings is 1. The molecule has 0 aromatic carbocycles. The van der Waals surface area contributed by atoms with Gasteiger partial charge in [0.1, 0.15) is 28.5 Å². The average Bonchev–Trinajstić information content (AvgIpc) is 3.19. The normalized spacial score (nSPS) is 11.9. The van der Waals surface area contributed by atoms with E-state index in [-0.39, 0.29) is 39.9 Å². The number of alkyl halides is 3. The molecule has 38 heavy (non-hydrogen) atoms. The zero-order valence-corrected chi connectivity index (χ0v) is 20.1. The van der Waals surface area contributed by atoms with Gasteiger partial charge in [-0.3, -0.25) is 4.79 Å². The summed E-state index contributed by atoms with van der Waals surface area (Å²) in [6, 6.07) is 3.80. The fraction of sp³-hybridized carbons (Fsp3) is 0.174. The number of nitrogens with one attached hydrogen (secondary N) is 2. The molecule has 0 unspecified atom stereocenters. The Morgan fingerprint density at radius 1 is 1.24 bits per heavy atom. The molecule has 4 heterocycles. The van der Waals surface area contributed by atoms with Crippen LogP contribution < -0.4 is 26.7 Å². The molecule has 0 amide bonds. The van der Waals surface area contributed by atoms with E-state index in [4.69, 9.17) is 10.5 Å². The number of nitrogens with two attached hydrogens (primary N) is 1.